The summed E-state index contributed by atoms with van der Waals surface area (Å²) in [4.78, 5) is 13.9. The zero-order chi connectivity index (χ0) is 13.4. The van der Waals surface area contributed by atoms with E-state index in [0.29, 0.717) is 23.3 Å². The van der Waals surface area contributed by atoms with Crippen molar-refractivity contribution in [3.8, 4) is 0 Å². The number of piperidine rings is 1. The molecule has 0 aromatic heterocycles. The van der Waals surface area contributed by atoms with E-state index in [1.165, 1.54) is 23.1 Å². The van der Waals surface area contributed by atoms with E-state index in [4.69, 9.17) is 11.6 Å². The van der Waals surface area contributed by atoms with Crippen molar-refractivity contribution in [3.05, 3.63) is 29.0 Å². The van der Waals surface area contributed by atoms with Gasteiger partial charge in [-0.15, -0.1) is 0 Å². The van der Waals surface area contributed by atoms with Gasteiger partial charge in [0.15, 0.2) is 0 Å². The van der Waals surface area contributed by atoms with E-state index >= 15 is 0 Å². The lowest BCUT2D eigenvalue weighted by Crippen LogP contribution is -2.51. The quantitative estimate of drug-likeness (QED) is 0.924. The Morgan fingerprint density at radius 1 is 1.32 bits per heavy atom. The summed E-state index contributed by atoms with van der Waals surface area (Å²) >= 11 is 5.89. The van der Waals surface area contributed by atoms with E-state index in [1.54, 1.807) is 0 Å². The van der Waals surface area contributed by atoms with Crippen LogP contribution in [-0.2, 0) is 4.79 Å². The van der Waals surface area contributed by atoms with Crippen molar-refractivity contribution >= 4 is 23.2 Å². The van der Waals surface area contributed by atoms with Crippen LogP contribution in [0.2, 0.25) is 5.02 Å². The minimum atomic E-state index is -0.398. The van der Waals surface area contributed by atoms with Gasteiger partial charge in [-0.3, -0.25) is 4.79 Å². The van der Waals surface area contributed by atoms with Crippen molar-refractivity contribution in [2.24, 2.45) is 0 Å². The Balaban J connectivity index is 1.82. The molecule has 1 aliphatic heterocycles. The molecule has 1 amide bonds. The highest BCUT2D eigenvalue weighted by Crippen LogP contribution is 2.28. The standard InChI is InChI=1S/C14H16ClFN2O/c15-9-3-6-11(16)13(8-9)18-7-1-2-12(14(18)19)17-10-4-5-10/h3,6,8,10,12,17H,1-2,4-5,7H2. The summed E-state index contributed by atoms with van der Waals surface area (Å²) in [6, 6.07) is 4.61. The third-order valence-corrected chi connectivity index (χ3v) is 3.89. The van der Waals surface area contributed by atoms with Crippen LogP contribution < -0.4 is 10.2 Å². The SMILES string of the molecule is O=C1C(NC2CC2)CCCN1c1cc(Cl)ccc1F. The molecule has 1 unspecified atom stereocenters. The molecule has 0 radical (unpaired) electrons. The number of anilines is 1. The predicted octanol–water partition coefficient (Wildman–Crippen LogP) is 2.73. The van der Waals surface area contributed by atoms with Crippen molar-refractivity contribution < 1.29 is 9.18 Å². The van der Waals surface area contributed by atoms with Crippen LogP contribution >= 0.6 is 11.6 Å². The number of nitrogens with one attached hydrogen (secondary N) is 1. The van der Waals surface area contributed by atoms with Crippen LogP contribution in [0.25, 0.3) is 0 Å². The number of rotatable bonds is 3. The number of amides is 1. The van der Waals surface area contributed by atoms with Crippen molar-refractivity contribution in [2.75, 3.05) is 11.4 Å². The number of benzene rings is 1. The molecular formula is C14H16ClFN2O. The Labute approximate surface area is 116 Å². The summed E-state index contributed by atoms with van der Waals surface area (Å²) in [5.41, 5.74) is 0.291. The fourth-order valence-electron chi connectivity index (χ4n) is 2.50. The van der Waals surface area contributed by atoms with Crippen molar-refractivity contribution in [3.63, 3.8) is 0 Å². The van der Waals surface area contributed by atoms with Gasteiger partial charge < -0.3 is 10.2 Å². The Bertz CT molecular complexity index is 504. The second-order valence-corrected chi connectivity index (χ2v) is 5.66. The summed E-state index contributed by atoms with van der Waals surface area (Å²) < 4.78 is 13.9. The summed E-state index contributed by atoms with van der Waals surface area (Å²) in [5, 5.41) is 3.78. The molecule has 5 heteroatoms. The molecule has 1 saturated heterocycles. The highest BCUT2D eigenvalue weighted by atomic mass is 35.5. The molecule has 0 spiro atoms. The summed E-state index contributed by atoms with van der Waals surface area (Å²) in [6.07, 6.45) is 3.97. The predicted molar refractivity (Wildman–Crippen MR) is 72.9 cm³/mol. The van der Waals surface area contributed by atoms with E-state index in [9.17, 15) is 9.18 Å². The highest BCUT2D eigenvalue weighted by molar-refractivity contribution is 6.31. The van der Waals surface area contributed by atoms with Crippen molar-refractivity contribution in [2.45, 2.75) is 37.8 Å². The number of carbonyl (C=O) groups is 1. The van der Waals surface area contributed by atoms with Gasteiger partial charge in [0.05, 0.1) is 11.7 Å². The van der Waals surface area contributed by atoms with Crippen LogP contribution in [0.3, 0.4) is 0 Å². The molecule has 1 aromatic rings. The second-order valence-electron chi connectivity index (χ2n) is 5.22. The van der Waals surface area contributed by atoms with E-state index in [1.807, 2.05) is 0 Å². The zero-order valence-electron chi connectivity index (χ0n) is 10.5. The Morgan fingerprint density at radius 2 is 2.11 bits per heavy atom. The first-order chi connectivity index (χ1) is 9.15. The fraction of sp³-hybridized carbons (Fsp3) is 0.500. The van der Waals surface area contributed by atoms with Crippen LogP contribution in [0.1, 0.15) is 25.7 Å². The first-order valence-corrected chi connectivity index (χ1v) is 7.05. The van der Waals surface area contributed by atoms with Gasteiger partial charge in [-0.25, -0.2) is 4.39 Å². The monoisotopic (exact) mass is 282 g/mol. The maximum absolute atomic E-state index is 13.9. The molecule has 2 fully saturated rings. The zero-order valence-corrected chi connectivity index (χ0v) is 11.3. The third kappa shape index (κ3) is 2.74. The van der Waals surface area contributed by atoms with Crippen LogP contribution in [0, 0.1) is 5.82 Å². The van der Waals surface area contributed by atoms with Crippen molar-refractivity contribution in [1.82, 2.24) is 5.32 Å². The molecule has 19 heavy (non-hydrogen) atoms. The van der Waals surface area contributed by atoms with Crippen molar-refractivity contribution in [1.29, 1.82) is 0 Å². The molecule has 0 bridgehead atoms. The van der Waals surface area contributed by atoms with E-state index in [2.05, 4.69) is 5.32 Å². The smallest absolute Gasteiger partial charge is 0.244 e. The lowest BCUT2D eigenvalue weighted by molar-refractivity contribution is -0.121. The molecule has 102 valence electrons. The molecule has 1 aliphatic carbocycles. The summed E-state index contributed by atoms with van der Waals surface area (Å²) in [6.45, 7) is 0.555. The molecule has 1 saturated carbocycles. The van der Waals surface area contributed by atoms with Crippen LogP contribution in [0.15, 0.2) is 18.2 Å². The topological polar surface area (TPSA) is 32.3 Å². The third-order valence-electron chi connectivity index (χ3n) is 3.65. The number of hydrogen-bond donors (Lipinski definition) is 1. The lowest BCUT2D eigenvalue weighted by Gasteiger charge is -2.33. The van der Waals surface area contributed by atoms with Gasteiger partial charge in [0.2, 0.25) is 5.91 Å². The first kappa shape index (κ1) is 12.9. The Hall–Kier alpha value is -1.13. The summed E-state index contributed by atoms with van der Waals surface area (Å²) in [7, 11) is 0. The molecular weight excluding hydrogens is 267 g/mol. The average molecular weight is 283 g/mol. The largest absolute Gasteiger partial charge is 0.308 e. The fourth-order valence-corrected chi connectivity index (χ4v) is 2.66. The maximum Gasteiger partial charge on any atom is 0.244 e. The lowest BCUT2D eigenvalue weighted by atomic mass is 10.0. The van der Waals surface area contributed by atoms with Crippen LogP contribution in [0.5, 0.6) is 0 Å². The number of halogens is 2. The molecule has 1 aromatic carbocycles. The Kier molecular flexibility index (Phi) is 3.46. The van der Waals surface area contributed by atoms with Gasteiger partial charge in [0, 0.05) is 17.6 Å². The number of hydrogen-bond acceptors (Lipinski definition) is 2. The van der Waals surface area contributed by atoms with Gasteiger partial charge in [-0.2, -0.15) is 0 Å². The number of carbonyl (C=O) groups excluding carboxylic acids is 1. The molecule has 1 atom stereocenters. The molecule has 3 nitrogen and oxygen atoms in total. The maximum atomic E-state index is 13.9. The van der Waals surface area contributed by atoms with Gasteiger partial charge in [-0.1, -0.05) is 11.6 Å². The van der Waals surface area contributed by atoms with Crippen LogP contribution in [0.4, 0.5) is 10.1 Å². The van der Waals surface area contributed by atoms with E-state index < -0.39 is 5.82 Å². The first-order valence-electron chi connectivity index (χ1n) is 6.67. The van der Waals surface area contributed by atoms with Gasteiger partial charge >= 0.3 is 0 Å². The van der Waals surface area contributed by atoms with Gasteiger partial charge in [-0.05, 0) is 43.9 Å². The van der Waals surface area contributed by atoms with E-state index in [0.717, 1.165) is 25.7 Å². The molecule has 1 heterocycles. The van der Waals surface area contributed by atoms with E-state index in [-0.39, 0.29) is 11.9 Å². The minimum absolute atomic E-state index is 0.0423. The Morgan fingerprint density at radius 3 is 2.84 bits per heavy atom. The highest BCUT2D eigenvalue weighted by Gasteiger charge is 2.34. The van der Waals surface area contributed by atoms with Gasteiger partial charge in [0.1, 0.15) is 5.82 Å². The molecule has 1 N–H and O–H groups in total. The van der Waals surface area contributed by atoms with Crippen LogP contribution in [-0.4, -0.2) is 24.5 Å². The minimum Gasteiger partial charge on any atom is -0.308 e. The number of nitrogens with zero attached hydrogens (tertiary/aromatic N) is 1. The molecule has 3 rings (SSSR count). The second kappa shape index (κ2) is 5.10. The summed E-state index contributed by atoms with van der Waals surface area (Å²) in [5.74, 6) is -0.441. The average Bonchev–Trinajstić information content (AvgIpc) is 3.19. The normalized spacial score (nSPS) is 23.8. The van der Waals surface area contributed by atoms with Gasteiger partial charge in [0.25, 0.3) is 0 Å². The molecule has 2 aliphatic rings.